The molecule has 8 heteroatoms. The van der Waals surface area contributed by atoms with Crippen LogP contribution in [0.4, 0.5) is 4.39 Å². The average Bonchev–Trinajstić information content (AvgIpc) is 2.91. The summed E-state index contributed by atoms with van der Waals surface area (Å²) in [7, 11) is 0. The van der Waals surface area contributed by atoms with Gasteiger partial charge in [-0.2, -0.15) is 4.98 Å². The number of piperazine rings is 1. The number of carbonyl (C=O) groups is 1. The normalized spacial score (nSPS) is 18.9. The topological polar surface area (TPSA) is 92.9 Å². The smallest absolute Gasteiger partial charge is 0.237 e. The number of carbonyl (C=O) groups excluding carboxylic acids is 1. The van der Waals surface area contributed by atoms with Crippen molar-refractivity contribution in [3.8, 4) is 11.5 Å². The van der Waals surface area contributed by atoms with Crippen LogP contribution in [0.3, 0.4) is 0 Å². The van der Waals surface area contributed by atoms with E-state index in [4.69, 9.17) is 4.52 Å². The lowest BCUT2D eigenvalue weighted by atomic mass is 10.1. The van der Waals surface area contributed by atoms with Crippen molar-refractivity contribution >= 4 is 5.91 Å². The number of nitrogens with zero attached hydrogens (tertiary/aromatic N) is 3. The molecule has 1 amide bonds. The molecule has 0 aromatic carbocycles. The third-order valence-electron chi connectivity index (χ3n) is 2.93. The largest absolute Gasteiger partial charge is 0.353 e. The van der Waals surface area contributed by atoms with E-state index in [1.54, 1.807) is 0 Å². The Morgan fingerprint density at radius 3 is 3.05 bits per heavy atom. The minimum atomic E-state index is -0.430. The van der Waals surface area contributed by atoms with Crippen molar-refractivity contribution in [3.63, 3.8) is 0 Å². The maximum absolute atomic E-state index is 12.8. The molecule has 2 N–H and O–H groups in total. The van der Waals surface area contributed by atoms with Crippen molar-refractivity contribution in [2.75, 3.05) is 13.1 Å². The van der Waals surface area contributed by atoms with Gasteiger partial charge in [-0.05, 0) is 12.1 Å². The van der Waals surface area contributed by atoms with Crippen LogP contribution in [0.5, 0.6) is 0 Å². The summed E-state index contributed by atoms with van der Waals surface area (Å²) in [5, 5.41) is 9.60. The fourth-order valence-corrected chi connectivity index (χ4v) is 1.94. The summed E-state index contributed by atoms with van der Waals surface area (Å²) >= 11 is 0. The Kier molecular flexibility index (Phi) is 3.38. The lowest BCUT2D eigenvalue weighted by Gasteiger charge is -2.21. The predicted octanol–water partition coefficient (Wildman–Crippen LogP) is -0.0988. The van der Waals surface area contributed by atoms with Crippen molar-refractivity contribution in [1.82, 2.24) is 25.8 Å². The highest BCUT2D eigenvalue weighted by molar-refractivity contribution is 5.82. The van der Waals surface area contributed by atoms with Gasteiger partial charge in [0.2, 0.25) is 17.6 Å². The Bertz CT molecular complexity index is 613. The molecule has 1 aliphatic heterocycles. The standard InChI is InChI=1S/C12H12FN5O2/c13-7-1-2-8(16-6-7)11-17-10(20-18-11)5-9-12(19)15-4-3-14-9/h1-2,6,9,14H,3-5H2,(H,15,19). The number of aromatic nitrogens is 3. The molecule has 0 saturated carbocycles. The number of rotatable bonds is 3. The van der Waals surface area contributed by atoms with Crippen LogP contribution >= 0.6 is 0 Å². The van der Waals surface area contributed by atoms with Crippen LogP contribution in [0.15, 0.2) is 22.9 Å². The Morgan fingerprint density at radius 2 is 2.30 bits per heavy atom. The SMILES string of the molecule is O=C1NCCNC1Cc1nc(-c2ccc(F)cn2)no1. The van der Waals surface area contributed by atoms with Crippen LogP contribution in [-0.2, 0) is 11.2 Å². The van der Waals surface area contributed by atoms with Gasteiger partial charge in [0.05, 0.1) is 18.7 Å². The number of hydrogen-bond acceptors (Lipinski definition) is 6. The van der Waals surface area contributed by atoms with E-state index in [9.17, 15) is 9.18 Å². The van der Waals surface area contributed by atoms with Gasteiger partial charge in [0.15, 0.2) is 0 Å². The molecule has 0 radical (unpaired) electrons. The summed E-state index contributed by atoms with van der Waals surface area (Å²) in [5.41, 5.74) is 0.419. The predicted molar refractivity (Wildman–Crippen MR) is 66.0 cm³/mol. The molecule has 2 aromatic rings. The highest BCUT2D eigenvalue weighted by Gasteiger charge is 2.24. The van der Waals surface area contributed by atoms with Gasteiger partial charge in [-0.3, -0.25) is 4.79 Å². The molecule has 1 saturated heterocycles. The lowest BCUT2D eigenvalue weighted by molar-refractivity contribution is -0.124. The molecule has 0 bridgehead atoms. The van der Waals surface area contributed by atoms with Crippen LogP contribution in [0.2, 0.25) is 0 Å². The molecule has 3 rings (SSSR count). The molecule has 0 aliphatic carbocycles. The van der Waals surface area contributed by atoms with E-state index >= 15 is 0 Å². The number of nitrogens with one attached hydrogen (secondary N) is 2. The van der Waals surface area contributed by atoms with Gasteiger partial charge in [0.25, 0.3) is 0 Å². The molecule has 1 aliphatic rings. The van der Waals surface area contributed by atoms with Crippen molar-refractivity contribution < 1.29 is 13.7 Å². The van der Waals surface area contributed by atoms with Crippen LogP contribution in [0, 0.1) is 5.82 Å². The average molecular weight is 277 g/mol. The lowest BCUT2D eigenvalue weighted by Crippen LogP contribution is -2.53. The minimum absolute atomic E-state index is 0.0871. The second-order valence-electron chi connectivity index (χ2n) is 4.38. The fourth-order valence-electron chi connectivity index (χ4n) is 1.94. The summed E-state index contributed by atoms with van der Waals surface area (Å²) in [6, 6.07) is 2.36. The first-order chi connectivity index (χ1) is 9.72. The Balaban J connectivity index is 1.73. The first kappa shape index (κ1) is 12.7. The maximum Gasteiger partial charge on any atom is 0.237 e. The number of halogens is 1. The van der Waals surface area contributed by atoms with E-state index in [0.29, 0.717) is 31.1 Å². The van der Waals surface area contributed by atoms with E-state index in [1.807, 2.05) is 0 Å². The quantitative estimate of drug-likeness (QED) is 0.814. The second-order valence-corrected chi connectivity index (χ2v) is 4.38. The van der Waals surface area contributed by atoms with Gasteiger partial charge in [-0.25, -0.2) is 9.37 Å². The zero-order valence-electron chi connectivity index (χ0n) is 10.5. The summed E-state index contributed by atoms with van der Waals surface area (Å²) in [4.78, 5) is 19.6. The van der Waals surface area contributed by atoms with E-state index in [0.717, 1.165) is 6.20 Å². The highest BCUT2D eigenvalue weighted by atomic mass is 19.1. The van der Waals surface area contributed by atoms with Crippen LogP contribution in [-0.4, -0.2) is 40.2 Å². The van der Waals surface area contributed by atoms with Crippen molar-refractivity contribution in [1.29, 1.82) is 0 Å². The molecule has 1 atom stereocenters. The molecule has 0 spiro atoms. The summed E-state index contributed by atoms with van der Waals surface area (Å²) < 4.78 is 17.9. The van der Waals surface area contributed by atoms with Crippen molar-refractivity contribution in [2.24, 2.45) is 0 Å². The van der Waals surface area contributed by atoms with Gasteiger partial charge in [-0.15, -0.1) is 0 Å². The van der Waals surface area contributed by atoms with Crippen molar-refractivity contribution in [2.45, 2.75) is 12.5 Å². The molecule has 104 valence electrons. The fraction of sp³-hybridized carbons (Fsp3) is 0.333. The zero-order valence-corrected chi connectivity index (χ0v) is 10.5. The monoisotopic (exact) mass is 277 g/mol. The molecule has 20 heavy (non-hydrogen) atoms. The van der Waals surface area contributed by atoms with E-state index in [-0.39, 0.29) is 17.8 Å². The van der Waals surface area contributed by atoms with Crippen molar-refractivity contribution in [3.05, 3.63) is 30.0 Å². The number of amides is 1. The summed E-state index contributed by atoms with van der Waals surface area (Å²) in [5.74, 6) is 0.0911. The Labute approximate surface area is 113 Å². The number of pyridine rings is 1. The zero-order chi connectivity index (χ0) is 13.9. The molecule has 1 unspecified atom stereocenters. The van der Waals surface area contributed by atoms with Gasteiger partial charge in [-0.1, -0.05) is 5.16 Å². The highest BCUT2D eigenvalue weighted by Crippen LogP contribution is 2.14. The van der Waals surface area contributed by atoms with Gasteiger partial charge in [0.1, 0.15) is 11.5 Å². The third kappa shape index (κ3) is 2.64. The molecule has 3 heterocycles. The van der Waals surface area contributed by atoms with E-state index in [2.05, 4.69) is 25.8 Å². The summed E-state index contributed by atoms with van der Waals surface area (Å²) in [6.45, 7) is 1.32. The molecule has 7 nitrogen and oxygen atoms in total. The van der Waals surface area contributed by atoms with Gasteiger partial charge in [0, 0.05) is 13.1 Å². The first-order valence-electron chi connectivity index (χ1n) is 6.18. The van der Waals surface area contributed by atoms with Crippen LogP contribution in [0.1, 0.15) is 5.89 Å². The molecular weight excluding hydrogens is 265 g/mol. The van der Waals surface area contributed by atoms with Gasteiger partial charge >= 0.3 is 0 Å². The van der Waals surface area contributed by atoms with Gasteiger partial charge < -0.3 is 15.2 Å². The Morgan fingerprint density at radius 1 is 1.40 bits per heavy atom. The number of hydrogen-bond donors (Lipinski definition) is 2. The van der Waals surface area contributed by atoms with Crippen LogP contribution in [0.25, 0.3) is 11.5 Å². The third-order valence-corrected chi connectivity index (χ3v) is 2.93. The molecule has 1 fully saturated rings. The Hall–Kier alpha value is -2.35. The minimum Gasteiger partial charge on any atom is -0.353 e. The van der Waals surface area contributed by atoms with E-state index < -0.39 is 5.82 Å². The molecule has 2 aromatic heterocycles. The first-order valence-corrected chi connectivity index (χ1v) is 6.18. The van der Waals surface area contributed by atoms with E-state index in [1.165, 1.54) is 12.1 Å². The second kappa shape index (κ2) is 5.33. The van der Waals surface area contributed by atoms with Crippen LogP contribution < -0.4 is 10.6 Å². The summed E-state index contributed by atoms with van der Waals surface area (Å²) in [6.07, 6.45) is 1.39. The molecular formula is C12H12FN5O2. The maximum atomic E-state index is 12.8.